The minimum absolute atomic E-state index is 0.757. The van der Waals surface area contributed by atoms with E-state index < -0.39 is 0 Å². The standard InChI is InChI=1S/C22H29N5O/c1-3-7-17-15-8-5-6-9-16(15)18-19-20(28-22(18)25-17)21(24-14-23-19)27-12-10-26(4-2)11-13-27/h14H,3-13H2,1-2H3. The van der Waals surface area contributed by atoms with Crippen LogP contribution in [-0.4, -0.2) is 52.6 Å². The van der Waals surface area contributed by atoms with Crippen molar-refractivity contribution in [2.24, 2.45) is 0 Å². The number of furan rings is 1. The van der Waals surface area contributed by atoms with E-state index in [1.54, 1.807) is 6.33 Å². The number of fused-ring (bicyclic) bond motifs is 5. The maximum absolute atomic E-state index is 6.35. The van der Waals surface area contributed by atoms with Gasteiger partial charge in [0.25, 0.3) is 0 Å². The molecule has 1 saturated heterocycles. The average molecular weight is 380 g/mol. The van der Waals surface area contributed by atoms with Crippen LogP contribution in [0.4, 0.5) is 5.82 Å². The van der Waals surface area contributed by atoms with Crippen molar-refractivity contribution in [3.63, 3.8) is 0 Å². The molecule has 0 bridgehead atoms. The van der Waals surface area contributed by atoms with Crippen molar-refractivity contribution in [2.75, 3.05) is 37.6 Å². The maximum atomic E-state index is 6.35. The molecule has 6 heteroatoms. The molecule has 0 N–H and O–H groups in total. The number of rotatable bonds is 4. The van der Waals surface area contributed by atoms with Gasteiger partial charge in [0, 0.05) is 31.9 Å². The van der Waals surface area contributed by atoms with Crippen molar-refractivity contribution in [1.82, 2.24) is 19.9 Å². The Morgan fingerprint density at radius 3 is 2.54 bits per heavy atom. The van der Waals surface area contributed by atoms with Crippen LogP contribution in [0.2, 0.25) is 0 Å². The van der Waals surface area contributed by atoms with Crippen molar-refractivity contribution < 1.29 is 4.42 Å². The number of aryl methyl sites for hydroxylation is 2. The number of pyridine rings is 1. The van der Waals surface area contributed by atoms with Gasteiger partial charge in [-0.15, -0.1) is 0 Å². The van der Waals surface area contributed by atoms with E-state index >= 15 is 0 Å². The lowest BCUT2D eigenvalue weighted by Gasteiger charge is -2.34. The Hall–Kier alpha value is -2.21. The third kappa shape index (κ3) is 2.85. The first-order chi connectivity index (χ1) is 13.8. The fourth-order valence-electron chi connectivity index (χ4n) is 4.87. The van der Waals surface area contributed by atoms with E-state index in [0.29, 0.717) is 0 Å². The number of hydrogen-bond donors (Lipinski definition) is 0. The lowest BCUT2D eigenvalue weighted by molar-refractivity contribution is 0.270. The molecule has 4 heterocycles. The molecule has 0 amide bonds. The minimum Gasteiger partial charge on any atom is -0.432 e. The molecule has 0 spiro atoms. The number of hydrogen-bond acceptors (Lipinski definition) is 6. The Kier molecular flexibility index (Phi) is 4.67. The molecule has 0 aromatic carbocycles. The highest BCUT2D eigenvalue weighted by molar-refractivity contribution is 6.06. The Balaban J connectivity index is 1.66. The Labute approximate surface area is 166 Å². The predicted molar refractivity (Wildman–Crippen MR) is 112 cm³/mol. The molecule has 28 heavy (non-hydrogen) atoms. The number of nitrogens with zero attached hydrogens (tertiary/aromatic N) is 5. The van der Waals surface area contributed by atoms with Crippen LogP contribution in [0.1, 0.15) is 49.9 Å². The number of piperazine rings is 1. The molecule has 0 atom stereocenters. The third-order valence-electron chi connectivity index (χ3n) is 6.39. The molecule has 3 aromatic heterocycles. The van der Waals surface area contributed by atoms with Crippen LogP contribution in [0.5, 0.6) is 0 Å². The molecule has 148 valence electrons. The normalized spacial score (nSPS) is 18.1. The summed E-state index contributed by atoms with van der Waals surface area (Å²) in [5.41, 5.74) is 6.64. The second kappa shape index (κ2) is 7.32. The van der Waals surface area contributed by atoms with E-state index in [4.69, 9.17) is 9.40 Å². The van der Waals surface area contributed by atoms with Crippen LogP contribution in [0, 0.1) is 0 Å². The highest BCUT2D eigenvalue weighted by Gasteiger charge is 2.26. The first-order valence-electron chi connectivity index (χ1n) is 10.8. The summed E-state index contributed by atoms with van der Waals surface area (Å²) in [5, 5.41) is 1.14. The van der Waals surface area contributed by atoms with Gasteiger partial charge in [-0.3, -0.25) is 0 Å². The SMILES string of the molecule is CCCc1nc2oc3c(N4CCN(CC)CC4)ncnc3c2c2c1CCCC2. The summed E-state index contributed by atoms with van der Waals surface area (Å²) in [6.07, 6.45) is 8.57. The topological polar surface area (TPSA) is 58.3 Å². The first-order valence-corrected chi connectivity index (χ1v) is 10.8. The Morgan fingerprint density at radius 2 is 1.79 bits per heavy atom. The van der Waals surface area contributed by atoms with Gasteiger partial charge in [-0.2, -0.15) is 0 Å². The monoisotopic (exact) mass is 379 g/mol. The predicted octanol–water partition coefficient (Wildman–Crippen LogP) is 3.74. The molecule has 1 aliphatic carbocycles. The highest BCUT2D eigenvalue weighted by Crippen LogP contribution is 2.38. The van der Waals surface area contributed by atoms with Gasteiger partial charge in [0.1, 0.15) is 11.8 Å². The van der Waals surface area contributed by atoms with E-state index in [-0.39, 0.29) is 0 Å². The van der Waals surface area contributed by atoms with Gasteiger partial charge < -0.3 is 14.2 Å². The fourth-order valence-corrected chi connectivity index (χ4v) is 4.87. The van der Waals surface area contributed by atoms with Crippen LogP contribution >= 0.6 is 0 Å². The van der Waals surface area contributed by atoms with Crippen molar-refractivity contribution >= 4 is 28.0 Å². The molecular formula is C22H29N5O. The van der Waals surface area contributed by atoms with Crippen LogP contribution in [0.3, 0.4) is 0 Å². The van der Waals surface area contributed by atoms with Gasteiger partial charge in [0.2, 0.25) is 5.71 Å². The van der Waals surface area contributed by atoms with Crippen molar-refractivity contribution in [3.8, 4) is 0 Å². The van der Waals surface area contributed by atoms with E-state index in [1.165, 1.54) is 29.7 Å². The number of aromatic nitrogens is 3. The summed E-state index contributed by atoms with van der Waals surface area (Å²) < 4.78 is 6.35. The molecule has 2 aliphatic rings. The molecular weight excluding hydrogens is 350 g/mol. The summed E-state index contributed by atoms with van der Waals surface area (Å²) >= 11 is 0. The van der Waals surface area contributed by atoms with E-state index in [0.717, 1.165) is 86.4 Å². The summed E-state index contributed by atoms with van der Waals surface area (Å²) in [6, 6.07) is 0. The van der Waals surface area contributed by atoms with E-state index in [2.05, 4.69) is 33.6 Å². The van der Waals surface area contributed by atoms with Crippen LogP contribution in [0.15, 0.2) is 10.7 Å². The third-order valence-corrected chi connectivity index (χ3v) is 6.39. The Bertz CT molecular complexity index is 1000. The molecule has 0 radical (unpaired) electrons. The van der Waals surface area contributed by atoms with Gasteiger partial charge in [-0.25, -0.2) is 15.0 Å². The molecule has 3 aromatic rings. The molecule has 6 nitrogen and oxygen atoms in total. The average Bonchev–Trinajstić information content (AvgIpc) is 3.13. The van der Waals surface area contributed by atoms with Gasteiger partial charge in [0.15, 0.2) is 11.4 Å². The Morgan fingerprint density at radius 1 is 1.00 bits per heavy atom. The minimum atomic E-state index is 0.757. The van der Waals surface area contributed by atoms with E-state index in [9.17, 15) is 0 Å². The van der Waals surface area contributed by atoms with Crippen LogP contribution < -0.4 is 4.90 Å². The number of anilines is 1. The highest BCUT2D eigenvalue weighted by atomic mass is 16.3. The maximum Gasteiger partial charge on any atom is 0.229 e. The van der Waals surface area contributed by atoms with E-state index in [1.807, 2.05) is 0 Å². The summed E-state index contributed by atoms with van der Waals surface area (Å²) in [6.45, 7) is 9.63. The summed E-state index contributed by atoms with van der Waals surface area (Å²) in [4.78, 5) is 19.1. The molecule has 1 aliphatic heterocycles. The first kappa shape index (κ1) is 17.9. The second-order valence-corrected chi connectivity index (χ2v) is 8.05. The van der Waals surface area contributed by atoms with Gasteiger partial charge in [-0.05, 0) is 49.8 Å². The largest absolute Gasteiger partial charge is 0.432 e. The van der Waals surface area contributed by atoms with Crippen molar-refractivity contribution in [1.29, 1.82) is 0 Å². The van der Waals surface area contributed by atoms with Crippen molar-refractivity contribution in [2.45, 2.75) is 52.4 Å². The van der Waals surface area contributed by atoms with Gasteiger partial charge in [0.05, 0.1) is 5.39 Å². The van der Waals surface area contributed by atoms with Crippen LogP contribution in [-0.2, 0) is 19.3 Å². The van der Waals surface area contributed by atoms with Crippen LogP contribution in [0.25, 0.3) is 22.2 Å². The summed E-state index contributed by atoms with van der Waals surface area (Å²) in [5.74, 6) is 0.931. The zero-order valence-electron chi connectivity index (χ0n) is 17.0. The molecule has 1 fully saturated rings. The smallest absolute Gasteiger partial charge is 0.229 e. The lowest BCUT2D eigenvalue weighted by Crippen LogP contribution is -2.46. The van der Waals surface area contributed by atoms with Gasteiger partial charge >= 0.3 is 0 Å². The van der Waals surface area contributed by atoms with Crippen molar-refractivity contribution in [3.05, 3.63) is 23.1 Å². The number of likely N-dealkylation sites (N-methyl/N-ethyl adjacent to an activating group) is 1. The fraction of sp³-hybridized carbons (Fsp3) is 0.591. The molecule has 0 saturated carbocycles. The second-order valence-electron chi connectivity index (χ2n) is 8.05. The van der Waals surface area contributed by atoms with Gasteiger partial charge in [-0.1, -0.05) is 20.3 Å². The zero-order valence-corrected chi connectivity index (χ0v) is 17.0. The quantitative estimate of drug-likeness (QED) is 0.688. The summed E-state index contributed by atoms with van der Waals surface area (Å²) in [7, 11) is 0. The molecule has 5 rings (SSSR count). The lowest BCUT2D eigenvalue weighted by atomic mass is 9.88. The molecule has 0 unspecified atom stereocenters. The zero-order chi connectivity index (χ0) is 19.1.